The van der Waals surface area contributed by atoms with Crippen LogP contribution in [0.1, 0.15) is 40.3 Å². The van der Waals surface area contributed by atoms with E-state index < -0.39 is 0 Å². The topological polar surface area (TPSA) is 63.0 Å². The number of methoxy groups -OCH3 is 1. The molecule has 0 spiro atoms. The van der Waals surface area contributed by atoms with Crippen LogP contribution >= 0.6 is 0 Å². The largest absolute Gasteiger partial charge is 0.496 e. The quantitative estimate of drug-likeness (QED) is 0.461. The van der Waals surface area contributed by atoms with Crippen LogP contribution in [0.4, 0.5) is 0 Å². The number of benzene rings is 2. The van der Waals surface area contributed by atoms with Crippen LogP contribution in [0.5, 0.6) is 5.75 Å². The third-order valence-electron chi connectivity index (χ3n) is 5.90. The van der Waals surface area contributed by atoms with Gasteiger partial charge in [-0.2, -0.15) is 0 Å². The van der Waals surface area contributed by atoms with Crippen LogP contribution in [0.15, 0.2) is 71.1 Å². The zero-order valence-electron chi connectivity index (χ0n) is 19.2. The van der Waals surface area contributed by atoms with Crippen LogP contribution in [0.25, 0.3) is 0 Å². The van der Waals surface area contributed by atoms with Gasteiger partial charge in [0, 0.05) is 12.6 Å². The van der Waals surface area contributed by atoms with Crippen molar-refractivity contribution in [2.24, 2.45) is 0 Å². The van der Waals surface area contributed by atoms with E-state index >= 15 is 0 Å². The molecule has 1 heterocycles. The Balaban J connectivity index is 1.51. The molecule has 4 rings (SSSR count). The first-order valence-electron chi connectivity index (χ1n) is 11.4. The van der Waals surface area contributed by atoms with Crippen molar-refractivity contribution in [2.45, 2.75) is 38.8 Å². The van der Waals surface area contributed by atoms with Gasteiger partial charge in [0.05, 0.1) is 19.2 Å². The molecule has 1 aliphatic rings. The molecule has 0 unspecified atom stereocenters. The van der Waals surface area contributed by atoms with Crippen molar-refractivity contribution in [1.29, 1.82) is 0 Å². The van der Waals surface area contributed by atoms with Crippen molar-refractivity contribution in [3.05, 3.63) is 89.4 Å². The first-order chi connectivity index (χ1) is 16.0. The molecular formula is C27H30N2O4. The van der Waals surface area contributed by atoms with Crippen molar-refractivity contribution in [3.8, 4) is 5.75 Å². The number of hydrogen-bond acceptors (Lipinski definition) is 4. The van der Waals surface area contributed by atoms with Gasteiger partial charge in [-0.05, 0) is 56.0 Å². The molecule has 0 N–H and O–H groups in total. The van der Waals surface area contributed by atoms with E-state index in [-0.39, 0.29) is 24.4 Å². The maximum atomic E-state index is 13.5. The van der Waals surface area contributed by atoms with Gasteiger partial charge in [0.25, 0.3) is 5.91 Å². The van der Waals surface area contributed by atoms with Crippen LogP contribution in [-0.4, -0.2) is 47.9 Å². The predicted molar refractivity (Wildman–Crippen MR) is 126 cm³/mol. The second-order valence-electron chi connectivity index (χ2n) is 8.43. The maximum absolute atomic E-state index is 13.5. The molecule has 1 fully saturated rings. The number of hydrogen-bond donors (Lipinski definition) is 0. The fraction of sp³-hybridized carbons (Fsp3) is 0.333. The Bertz CT molecular complexity index is 1090. The monoisotopic (exact) mass is 446 g/mol. The molecule has 172 valence electrons. The molecule has 0 saturated heterocycles. The Hall–Kier alpha value is -3.54. The minimum absolute atomic E-state index is 0.0377. The smallest absolute Gasteiger partial charge is 0.258 e. The first-order valence-corrected chi connectivity index (χ1v) is 11.4. The number of carbonyl (C=O) groups is 2. The predicted octanol–water partition coefficient (Wildman–Crippen LogP) is 4.47. The fourth-order valence-electron chi connectivity index (χ4n) is 3.93. The number of carbonyl (C=O) groups excluding carboxylic acids is 2. The van der Waals surface area contributed by atoms with Gasteiger partial charge in [0.15, 0.2) is 0 Å². The van der Waals surface area contributed by atoms with Gasteiger partial charge in [-0.25, -0.2) is 0 Å². The van der Waals surface area contributed by atoms with Crippen LogP contribution in [0, 0.1) is 6.92 Å². The summed E-state index contributed by atoms with van der Waals surface area (Å²) in [6.07, 6.45) is 2.56. The summed E-state index contributed by atoms with van der Waals surface area (Å²) in [6.45, 7) is 2.85. The molecule has 3 aromatic rings. The van der Waals surface area contributed by atoms with Gasteiger partial charge >= 0.3 is 0 Å². The lowest BCUT2D eigenvalue weighted by atomic mass is 10.1. The number of aryl methyl sites for hydroxylation is 1. The second-order valence-corrected chi connectivity index (χ2v) is 8.43. The molecule has 33 heavy (non-hydrogen) atoms. The summed E-state index contributed by atoms with van der Waals surface area (Å²) in [5.74, 6) is 1.82. The lowest BCUT2D eigenvalue weighted by Crippen LogP contribution is -2.44. The molecule has 0 radical (unpaired) electrons. The molecule has 0 bridgehead atoms. The number of para-hydroxylation sites is 1. The second kappa shape index (κ2) is 10.4. The molecule has 2 aromatic carbocycles. The van der Waals surface area contributed by atoms with E-state index in [0.29, 0.717) is 24.4 Å². The molecule has 1 aromatic heterocycles. The molecule has 1 aliphatic carbocycles. The zero-order valence-corrected chi connectivity index (χ0v) is 19.2. The van der Waals surface area contributed by atoms with Gasteiger partial charge in [0.1, 0.15) is 23.8 Å². The van der Waals surface area contributed by atoms with E-state index in [2.05, 4.69) is 12.1 Å². The third-order valence-corrected chi connectivity index (χ3v) is 5.90. The summed E-state index contributed by atoms with van der Waals surface area (Å²) in [7, 11) is 1.55. The van der Waals surface area contributed by atoms with Gasteiger partial charge in [-0.3, -0.25) is 9.59 Å². The number of furan rings is 1. The molecule has 6 heteroatoms. The minimum Gasteiger partial charge on any atom is -0.496 e. The summed E-state index contributed by atoms with van der Waals surface area (Å²) in [6, 6.07) is 21.1. The maximum Gasteiger partial charge on any atom is 0.258 e. The Kier molecular flexibility index (Phi) is 7.13. The highest BCUT2D eigenvalue weighted by atomic mass is 16.5. The molecule has 1 saturated carbocycles. The highest BCUT2D eigenvalue weighted by Crippen LogP contribution is 2.30. The highest BCUT2D eigenvalue weighted by Gasteiger charge is 2.36. The van der Waals surface area contributed by atoms with E-state index in [0.717, 1.165) is 36.3 Å². The van der Waals surface area contributed by atoms with Crippen molar-refractivity contribution >= 4 is 11.8 Å². The third kappa shape index (κ3) is 5.83. The lowest BCUT2D eigenvalue weighted by molar-refractivity contribution is -0.132. The molecule has 0 atom stereocenters. The van der Waals surface area contributed by atoms with E-state index in [4.69, 9.17) is 9.15 Å². The van der Waals surface area contributed by atoms with Crippen molar-refractivity contribution in [3.63, 3.8) is 0 Å². The van der Waals surface area contributed by atoms with Gasteiger partial charge < -0.3 is 19.0 Å². The SMILES string of the molecule is COc1ccccc1C(=O)N(CC(=O)N(CCc1ccccc1)Cc1ccc(C)o1)C1CC1. The van der Waals surface area contributed by atoms with E-state index in [1.165, 1.54) is 0 Å². The summed E-state index contributed by atoms with van der Waals surface area (Å²) < 4.78 is 11.1. The van der Waals surface area contributed by atoms with Gasteiger partial charge in [0.2, 0.25) is 5.91 Å². The van der Waals surface area contributed by atoms with Crippen LogP contribution in [0.2, 0.25) is 0 Å². The average molecular weight is 447 g/mol. The molecular weight excluding hydrogens is 416 g/mol. The Labute approximate surface area is 194 Å². The highest BCUT2D eigenvalue weighted by molar-refractivity contribution is 5.99. The van der Waals surface area contributed by atoms with Gasteiger partial charge in [-0.15, -0.1) is 0 Å². The summed E-state index contributed by atoms with van der Waals surface area (Å²) in [4.78, 5) is 30.3. The Morgan fingerprint density at radius 3 is 2.39 bits per heavy atom. The summed E-state index contributed by atoms with van der Waals surface area (Å²) >= 11 is 0. The number of amides is 2. The number of rotatable bonds is 10. The minimum atomic E-state index is -0.167. The van der Waals surface area contributed by atoms with E-state index in [1.54, 1.807) is 29.0 Å². The van der Waals surface area contributed by atoms with Crippen LogP contribution < -0.4 is 4.74 Å². The van der Waals surface area contributed by atoms with Gasteiger partial charge in [-0.1, -0.05) is 42.5 Å². The first kappa shape index (κ1) is 22.6. The summed E-state index contributed by atoms with van der Waals surface area (Å²) in [5.41, 5.74) is 1.65. The fourth-order valence-corrected chi connectivity index (χ4v) is 3.93. The van der Waals surface area contributed by atoms with E-state index in [1.807, 2.05) is 49.4 Å². The summed E-state index contributed by atoms with van der Waals surface area (Å²) in [5, 5.41) is 0. The van der Waals surface area contributed by atoms with Crippen LogP contribution in [0.3, 0.4) is 0 Å². The van der Waals surface area contributed by atoms with Crippen molar-refractivity contribution in [2.75, 3.05) is 20.2 Å². The number of nitrogens with zero attached hydrogens (tertiary/aromatic N) is 2. The Morgan fingerprint density at radius 1 is 1.00 bits per heavy atom. The lowest BCUT2D eigenvalue weighted by Gasteiger charge is -2.28. The molecule has 6 nitrogen and oxygen atoms in total. The van der Waals surface area contributed by atoms with E-state index in [9.17, 15) is 9.59 Å². The zero-order chi connectivity index (χ0) is 23.2. The molecule has 2 amide bonds. The Morgan fingerprint density at radius 2 is 1.73 bits per heavy atom. The number of ether oxygens (including phenoxy) is 1. The van der Waals surface area contributed by atoms with Crippen LogP contribution in [-0.2, 0) is 17.8 Å². The standard InChI is InChI=1S/C27H30N2O4/c1-20-12-15-23(33-20)18-28(17-16-21-8-4-3-5-9-21)26(30)19-29(22-13-14-22)27(31)24-10-6-7-11-25(24)32-2/h3-12,15,22H,13-14,16-19H2,1-2H3. The normalized spacial score (nSPS) is 12.9. The molecule has 0 aliphatic heterocycles. The average Bonchev–Trinajstić information content (AvgIpc) is 3.61. The van der Waals surface area contributed by atoms with Crippen molar-refractivity contribution in [1.82, 2.24) is 9.80 Å². The van der Waals surface area contributed by atoms with Crippen molar-refractivity contribution < 1.29 is 18.7 Å².